The molecule has 26 heavy (non-hydrogen) atoms. The third-order valence-electron chi connectivity index (χ3n) is 4.53. The number of rotatable bonds is 2. The van der Waals surface area contributed by atoms with E-state index < -0.39 is 0 Å². The minimum Gasteiger partial charge on any atom is -0.378 e. The highest BCUT2D eigenvalue weighted by molar-refractivity contribution is 6.43. The minimum atomic E-state index is -0.367. The number of imide groups is 1. The third-order valence-corrected chi connectivity index (χ3v) is 4.85. The molecule has 0 radical (unpaired) electrons. The first-order valence-electron chi connectivity index (χ1n) is 8.43. The van der Waals surface area contributed by atoms with Crippen LogP contribution in [-0.2, 0) is 9.53 Å². The lowest BCUT2D eigenvalue weighted by Gasteiger charge is -2.31. The summed E-state index contributed by atoms with van der Waals surface area (Å²) in [6.07, 6.45) is 1.83. The highest BCUT2D eigenvalue weighted by atomic mass is 35.5. The van der Waals surface area contributed by atoms with E-state index in [1.165, 1.54) is 0 Å². The summed E-state index contributed by atoms with van der Waals surface area (Å²) in [7, 11) is 0. The van der Waals surface area contributed by atoms with Crippen LogP contribution < -0.4 is 4.90 Å². The molecule has 5 nitrogen and oxygen atoms in total. The highest BCUT2D eigenvalue weighted by Crippen LogP contribution is 2.35. The lowest BCUT2D eigenvalue weighted by molar-refractivity contribution is -0.112. The van der Waals surface area contributed by atoms with Crippen molar-refractivity contribution in [2.45, 2.75) is 0 Å². The quantitative estimate of drug-likeness (QED) is 0.603. The fourth-order valence-electron chi connectivity index (χ4n) is 3.22. The summed E-state index contributed by atoms with van der Waals surface area (Å²) in [6, 6.07) is 14.0. The Morgan fingerprint density at radius 2 is 1.54 bits per heavy atom. The minimum absolute atomic E-state index is 0.360. The number of nitrogens with zero attached hydrogens (tertiary/aromatic N) is 2. The molecule has 6 heteroatoms. The molecule has 0 unspecified atom stereocenters. The number of carbonyl (C=O) groups excluding carboxylic acids is 2. The van der Waals surface area contributed by atoms with Crippen molar-refractivity contribution in [3.8, 4) is 0 Å². The Bertz CT molecular complexity index is 903. The van der Waals surface area contributed by atoms with Crippen LogP contribution >= 0.6 is 11.6 Å². The van der Waals surface area contributed by atoms with Crippen molar-refractivity contribution < 1.29 is 14.3 Å². The number of ether oxygens (including phenoxy) is 1. The molecule has 4 rings (SSSR count). The Morgan fingerprint density at radius 3 is 2.27 bits per heavy atom. The highest BCUT2D eigenvalue weighted by Gasteiger charge is 2.37. The van der Waals surface area contributed by atoms with Crippen molar-refractivity contribution >= 4 is 34.7 Å². The Labute approximate surface area is 156 Å². The maximum atomic E-state index is 13.2. The maximum Gasteiger partial charge on any atom is 0.267 e. The van der Waals surface area contributed by atoms with Crippen molar-refractivity contribution in [1.29, 1.82) is 0 Å². The predicted molar refractivity (Wildman–Crippen MR) is 100 cm³/mol. The normalized spacial score (nSPS) is 19.0. The number of amides is 2. The van der Waals surface area contributed by atoms with Crippen molar-refractivity contribution in [3.63, 3.8) is 0 Å². The summed E-state index contributed by atoms with van der Waals surface area (Å²) in [6.45, 7) is 2.65. The Morgan fingerprint density at radius 1 is 0.885 bits per heavy atom. The van der Waals surface area contributed by atoms with E-state index in [0.29, 0.717) is 53.7 Å². The molecule has 0 N–H and O–H groups in total. The number of hydrogen-bond acceptors (Lipinski definition) is 4. The molecule has 2 aromatic carbocycles. The topological polar surface area (TPSA) is 49.9 Å². The van der Waals surface area contributed by atoms with Gasteiger partial charge in [0.1, 0.15) is 0 Å². The number of morpholine rings is 1. The van der Waals surface area contributed by atoms with E-state index in [1.807, 2.05) is 17.2 Å². The molecule has 2 heterocycles. The Hall–Kier alpha value is -2.63. The zero-order valence-corrected chi connectivity index (χ0v) is 14.8. The second-order valence-corrected chi connectivity index (χ2v) is 6.54. The molecule has 0 saturated carbocycles. The van der Waals surface area contributed by atoms with Crippen LogP contribution in [0, 0.1) is 0 Å². The molecule has 2 aromatic rings. The molecule has 2 amide bonds. The summed E-state index contributed by atoms with van der Waals surface area (Å²) < 4.78 is 5.37. The maximum absolute atomic E-state index is 13.2. The van der Waals surface area contributed by atoms with E-state index in [0.717, 1.165) is 4.90 Å². The van der Waals surface area contributed by atoms with Gasteiger partial charge in [-0.3, -0.25) is 9.59 Å². The second kappa shape index (κ2) is 6.94. The molecule has 2 aliphatic heterocycles. The first-order chi connectivity index (χ1) is 12.7. The fraction of sp³-hybridized carbons (Fsp3) is 0.200. The number of hydrogen-bond donors (Lipinski definition) is 0. The summed E-state index contributed by atoms with van der Waals surface area (Å²) in [5, 5.41) is 0.360. The summed E-state index contributed by atoms with van der Waals surface area (Å²) in [4.78, 5) is 29.5. The molecule has 132 valence electrons. The standard InChI is InChI=1S/C20H17ClN2O3/c21-17-7-3-4-8-18(17)23-19(24)15-6-2-1-5-14(15)16(20(23)25)13-22-9-11-26-12-10-22/h1-8,13H,9-12H2/b16-13-. The van der Waals surface area contributed by atoms with Gasteiger partial charge in [-0.05, 0) is 18.2 Å². The van der Waals surface area contributed by atoms with Gasteiger partial charge in [-0.25, -0.2) is 4.90 Å². The molecule has 1 fully saturated rings. The number of fused-ring (bicyclic) bond motifs is 1. The Balaban J connectivity index is 1.84. The van der Waals surface area contributed by atoms with Crippen LogP contribution in [0.25, 0.3) is 5.57 Å². The summed E-state index contributed by atoms with van der Waals surface area (Å²) in [5.74, 6) is -0.730. The van der Waals surface area contributed by atoms with E-state index in [9.17, 15) is 9.59 Å². The third kappa shape index (κ3) is 2.89. The lowest BCUT2D eigenvalue weighted by Crippen LogP contribution is -2.43. The van der Waals surface area contributed by atoms with Gasteiger partial charge in [-0.15, -0.1) is 0 Å². The van der Waals surface area contributed by atoms with Gasteiger partial charge in [0.05, 0.1) is 29.5 Å². The number of anilines is 1. The molecule has 1 saturated heterocycles. The van der Waals surface area contributed by atoms with Gasteiger partial charge in [0.25, 0.3) is 11.8 Å². The zero-order chi connectivity index (χ0) is 18.1. The number of carbonyl (C=O) groups is 2. The molecule has 2 aliphatic rings. The van der Waals surface area contributed by atoms with Gasteiger partial charge in [0, 0.05) is 30.4 Å². The SMILES string of the molecule is O=C1/C(=C\N2CCOCC2)c2ccccc2C(=O)N1c1ccccc1Cl. The van der Waals surface area contributed by atoms with Crippen molar-refractivity contribution in [1.82, 2.24) is 4.90 Å². The van der Waals surface area contributed by atoms with Crippen LogP contribution in [-0.4, -0.2) is 43.0 Å². The van der Waals surface area contributed by atoms with Crippen LogP contribution in [0.3, 0.4) is 0 Å². The molecular weight excluding hydrogens is 352 g/mol. The van der Waals surface area contributed by atoms with Crippen LogP contribution in [0.2, 0.25) is 5.02 Å². The van der Waals surface area contributed by atoms with Crippen LogP contribution in [0.15, 0.2) is 54.7 Å². The smallest absolute Gasteiger partial charge is 0.267 e. The van der Waals surface area contributed by atoms with Crippen LogP contribution in [0.4, 0.5) is 5.69 Å². The van der Waals surface area contributed by atoms with Crippen molar-refractivity contribution in [2.24, 2.45) is 0 Å². The van der Waals surface area contributed by atoms with Gasteiger partial charge in [0.15, 0.2) is 0 Å². The molecular formula is C20H17ClN2O3. The van der Waals surface area contributed by atoms with E-state index in [4.69, 9.17) is 16.3 Å². The van der Waals surface area contributed by atoms with Crippen molar-refractivity contribution in [2.75, 3.05) is 31.2 Å². The van der Waals surface area contributed by atoms with Gasteiger partial charge >= 0.3 is 0 Å². The molecule has 0 spiro atoms. The zero-order valence-electron chi connectivity index (χ0n) is 14.0. The first kappa shape index (κ1) is 16.8. The second-order valence-electron chi connectivity index (χ2n) is 6.13. The number of halogens is 1. The molecule has 0 bridgehead atoms. The van der Waals surface area contributed by atoms with Gasteiger partial charge in [-0.1, -0.05) is 41.9 Å². The average molecular weight is 369 g/mol. The average Bonchev–Trinajstić information content (AvgIpc) is 2.67. The number of para-hydroxylation sites is 1. The Kier molecular flexibility index (Phi) is 4.49. The number of benzene rings is 2. The van der Waals surface area contributed by atoms with Crippen molar-refractivity contribution in [3.05, 3.63) is 70.9 Å². The van der Waals surface area contributed by atoms with Gasteiger partial charge in [-0.2, -0.15) is 0 Å². The lowest BCUT2D eigenvalue weighted by atomic mass is 9.93. The van der Waals surface area contributed by atoms with E-state index in [-0.39, 0.29) is 11.8 Å². The fourth-order valence-corrected chi connectivity index (χ4v) is 3.44. The molecule has 0 aliphatic carbocycles. The van der Waals surface area contributed by atoms with Crippen LogP contribution in [0.5, 0.6) is 0 Å². The first-order valence-corrected chi connectivity index (χ1v) is 8.81. The summed E-state index contributed by atoms with van der Waals surface area (Å²) >= 11 is 6.26. The van der Waals surface area contributed by atoms with E-state index in [2.05, 4.69) is 0 Å². The predicted octanol–water partition coefficient (Wildman–Crippen LogP) is 3.20. The molecule has 0 aromatic heterocycles. The van der Waals surface area contributed by atoms with Crippen LogP contribution in [0.1, 0.15) is 15.9 Å². The van der Waals surface area contributed by atoms with E-state index in [1.54, 1.807) is 42.5 Å². The largest absolute Gasteiger partial charge is 0.378 e. The molecule has 0 atom stereocenters. The van der Waals surface area contributed by atoms with Gasteiger partial charge in [0.2, 0.25) is 0 Å². The summed E-state index contributed by atoms with van der Waals surface area (Å²) in [5.41, 5.74) is 2.03. The monoisotopic (exact) mass is 368 g/mol. The van der Waals surface area contributed by atoms with Gasteiger partial charge < -0.3 is 9.64 Å². The van der Waals surface area contributed by atoms with E-state index >= 15 is 0 Å².